The molecule has 8 heteroatoms. The number of pyridine rings is 1. The van der Waals surface area contributed by atoms with Crippen molar-refractivity contribution in [3.63, 3.8) is 0 Å². The van der Waals surface area contributed by atoms with E-state index in [1.165, 1.54) is 12.1 Å². The second-order valence-corrected chi connectivity index (χ2v) is 9.56. The van der Waals surface area contributed by atoms with Gasteiger partial charge in [0.2, 0.25) is 0 Å². The van der Waals surface area contributed by atoms with Crippen LogP contribution in [0.5, 0.6) is 0 Å². The molecule has 1 aliphatic carbocycles. The Bertz CT molecular complexity index is 1330. The lowest BCUT2D eigenvalue weighted by atomic mass is 9.86. The molecule has 3 aromatic rings. The molecule has 1 saturated heterocycles. The number of nitrogens with two attached hydrogens (primary N) is 1. The van der Waals surface area contributed by atoms with Gasteiger partial charge in [-0.2, -0.15) is 0 Å². The number of benzene rings is 1. The van der Waals surface area contributed by atoms with E-state index in [2.05, 4.69) is 9.98 Å². The molecule has 1 aliphatic heterocycles. The van der Waals surface area contributed by atoms with Gasteiger partial charge in [0.1, 0.15) is 22.8 Å². The van der Waals surface area contributed by atoms with Gasteiger partial charge in [0.15, 0.2) is 0 Å². The maximum Gasteiger partial charge on any atom is 0.135 e. The lowest BCUT2D eigenvalue weighted by Crippen LogP contribution is -2.32. The van der Waals surface area contributed by atoms with Gasteiger partial charge in [-0.3, -0.25) is 4.99 Å². The molecule has 1 saturated carbocycles. The minimum Gasteiger partial charge on any atom is -0.404 e. The molecular weight excluding hydrogens is 448 g/mol. The highest BCUT2D eigenvalue weighted by atomic mass is 19.1. The van der Waals surface area contributed by atoms with Crippen LogP contribution in [0.15, 0.2) is 41.0 Å². The van der Waals surface area contributed by atoms with E-state index < -0.39 is 11.6 Å². The summed E-state index contributed by atoms with van der Waals surface area (Å²) < 4.78 is 34.7. The van der Waals surface area contributed by atoms with E-state index >= 15 is 0 Å². The average Bonchev–Trinajstić information content (AvgIpc) is 3.64. The zero-order chi connectivity index (χ0) is 24.7. The van der Waals surface area contributed by atoms with Crippen LogP contribution in [0.3, 0.4) is 0 Å². The fourth-order valence-electron chi connectivity index (χ4n) is 4.58. The second-order valence-electron chi connectivity index (χ2n) is 9.56. The summed E-state index contributed by atoms with van der Waals surface area (Å²) in [6.07, 6.45) is 6.79. The Morgan fingerprint density at radius 3 is 2.57 bits per heavy atom. The first-order valence-corrected chi connectivity index (χ1v) is 12.0. The Morgan fingerprint density at radius 2 is 1.86 bits per heavy atom. The van der Waals surface area contributed by atoms with E-state index in [9.17, 15) is 8.78 Å². The molecule has 182 valence electrons. The molecule has 3 heterocycles. The van der Waals surface area contributed by atoms with Crippen molar-refractivity contribution in [2.75, 3.05) is 0 Å². The molecule has 0 unspecified atom stereocenters. The van der Waals surface area contributed by atoms with E-state index in [1.54, 1.807) is 6.20 Å². The molecule has 0 spiro atoms. The number of aromatic nitrogens is 3. The first-order chi connectivity index (χ1) is 16.8. The van der Waals surface area contributed by atoms with Gasteiger partial charge in [-0.05, 0) is 64.7 Å². The van der Waals surface area contributed by atoms with Crippen molar-refractivity contribution < 1.29 is 13.5 Å². The number of fused-ring (bicyclic) bond motifs is 1. The van der Waals surface area contributed by atoms with Gasteiger partial charge in [-0.15, -0.1) is 0 Å². The summed E-state index contributed by atoms with van der Waals surface area (Å²) in [4.78, 5) is 18.9. The van der Waals surface area contributed by atoms with E-state index in [1.807, 2.05) is 33.1 Å². The van der Waals surface area contributed by atoms with E-state index in [4.69, 9.17) is 20.4 Å². The van der Waals surface area contributed by atoms with Crippen molar-refractivity contribution in [2.24, 2.45) is 10.7 Å². The Morgan fingerprint density at radius 1 is 1.09 bits per heavy atom. The van der Waals surface area contributed by atoms with Gasteiger partial charge >= 0.3 is 0 Å². The molecule has 5 rings (SSSR count). The summed E-state index contributed by atoms with van der Waals surface area (Å²) >= 11 is 0. The van der Waals surface area contributed by atoms with Crippen LogP contribution in [0, 0.1) is 25.5 Å². The summed E-state index contributed by atoms with van der Waals surface area (Å²) in [5.41, 5.74) is 10.8. The highest BCUT2D eigenvalue weighted by Gasteiger charge is 2.32. The molecule has 0 radical (unpaired) electrons. The SMILES string of the molecule is Cc1nc2cc([C@H]3C[C@@H](C)O[C@@H](/C(C=NC4CC4)=C/N)C3)nc(-c3ccc(F)cc3F)c2nc1C. The van der Waals surface area contributed by atoms with Crippen molar-refractivity contribution in [1.82, 2.24) is 15.0 Å². The molecule has 0 bridgehead atoms. The Balaban J connectivity index is 1.58. The molecule has 3 atom stereocenters. The van der Waals surface area contributed by atoms with Gasteiger partial charge in [-0.1, -0.05) is 0 Å². The summed E-state index contributed by atoms with van der Waals surface area (Å²) in [6.45, 7) is 5.78. The van der Waals surface area contributed by atoms with Gasteiger partial charge in [0.05, 0.1) is 35.2 Å². The fraction of sp³-hybridized carbons (Fsp3) is 0.407. The van der Waals surface area contributed by atoms with Gasteiger partial charge < -0.3 is 10.5 Å². The standard InChI is InChI=1S/C27H29F2N5O/c1-14-8-17(9-25(35-14)18(12-30)13-31-20-5-6-20)23-11-24-27(33-16(3)15(2)32-24)26(34-23)21-7-4-19(28)10-22(21)29/h4,7,10-14,17,20,25H,5-6,8-9,30H2,1-3H3/b18-12+,31-13?/t14-,17+,25-/m1/s1. The molecule has 2 N–H and O–H groups in total. The van der Waals surface area contributed by atoms with Crippen LogP contribution in [-0.4, -0.2) is 39.4 Å². The minimum atomic E-state index is -0.682. The zero-order valence-electron chi connectivity index (χ0n) is 20.1. The number of rotatable bonds is 5. The van der Waals surface area contributed by atoms with Crippen LogP contribution in [0.25, 0.3) is 22.3 Å². The highest BCUT2D eigenvalue weighted by Crippen LogP contribution is 2.38. The Labute approximate surface area is 203 Å². The third-order valence-electron chi connectivity index (χ3n) is 6.75. The van der Waals surface area contributed by atoms with Gasteiger partial charge in [0, 0.05) is 41.2 Å². The topological polar surface area (TPSA) is 86.3 Å². The molecular formula is C27H29F2N5O. The maximum atomic E-state index is 14.9. The van der Waals surface area contributed by atoms with Crippen LogP contribution in [0.4, 0.5) is 8.78 Å². The molecule has 2 fully saturated rings. The van der Waals surface area contributed by atoms with E-state index in [-0.39, 0.29) is 23.7 Å². The largest absolute Gasteiger partial charge is 0.404 e. The molecule has 2 aromatic heterocycles. The second kappa shape index (κ2) is 9.41. The van der Waals surface area contributed by atoms with Crippen molar-refractivity contribution in [1.29, 1.82) is 0 Å². The van der Waals surface area contributed by atoms with Crippen LogP contribution in [0.2, 0.25) is 0 Å². The molecule has 6 nitrogen and oxygen atoms in total. The predicted molar refractivity (Wildman–Crippen MR) is 132 cm³/mol. The third kappa shape index (κ3) is 4.93. The van der Waals surface area contributed by atoms with Gasteiger partial charge in [0.25, 0.3) is 0 Å². The zero-order valence-corrected chi connectivity index (χ0v) is 20.1. The van der Waals surface area contributed by atoms with Crippen LogP contribution < -0.4 is 5.73 Å². The number of hydrogen-bond donors (Lipinski definition) is 1. The number of aliphatic imine (C=N–C) groups is 1. The fourth-order valence-corrected chi connectivity index (χ4v) is 4.58. The predicted octanol–water partition coefficient (Wildman–Crippen LogP) is 5.31. The summed E-state index contributed by atoms with van der Waals surface area (Å²) in [5, 5.41) is 0. The Kier molecular flexibility index (Phi) is 6.32. The van der Waals surface area contributed by atoms with Crippen LogP contribution >= 0.6 is 0 Å². The van der Waals surface area contributed by atoms with Crippen LogP contribution in [0.1, 0.15) is 55.6 Å². The Hall–Kier alpha value is -3.26. The van der Waals surface area contributed by atoms with E-state index in [0.717, 1.165) is 48.0 Å². The smallest absolute Gasteiger partial charge is 0.135 e. The number of halogens is 2. The lowest BCUT2D eigenvalue weighted by molar-refractivity contribution is -0.0266. The summed E-state index contributed by atoms with van der Waals surface area (Å²) in [5.74, 6) is -1.29. The first kappa shape index (κ1) is 23.5. The number of hydrogen-bond acceptors (Lipinski definition) is 6. The van der Waals surface area contributed by atoms with Crippen LogP contribution in [-0.2, 0) is 4.74 Å². The third-order valence-corrected chi connectivity index (χ3v) is 6.75. The van der Waals surface area contributed by atoms with Gasteiger partial charge in [-0.25, -0.2) is 23.7 Å². The van der Waals surface area contributed by atoms with Crippen molar-refractivity contribution in [3.05, 3.63) is 64.8 Å². The first-order valence-electron chi connectivity index (χ1n) is 12.0. The molecule has 1 aromatic carbocycles. The number of ether oxygens (including phenoxy) is 1. The molecule has 0 amide bonds. The maximum absolute atomic E-state index is 14.9. The number of nitrogens with zero attached hydrogens (tertiary/aromatic N) is 4. The van der Waals surface area contributed by atoms with E-state index in [0.29, 0.717) is 29.2 Å². The quantitative estimate of drug-likeness (QED) is 0.503. The van der Waals surface area contributed by atoms with Crippen molar-refractivity contribution >= 4 is 17.2 Å². The number of aryl methyl sites for hydroxylation is 2. The average molecular weight is 478 g/mol. The van der Waals surface area contributed by atoms with Crippen molar-refractivity contribution in [3.8, 4) is 11.3 Å². The molecule has 35 heavy (non-hydrogen) atoms. The summed E-state index contributed by atoms with van der Waals surface area (Å²) in [7, 11) is 0. The molecule has 2 aliphatic rings. The lowest BCUT2D eigenvalue weighted by Gasteiger charge is -2.34. The van der Waals surface area contributed by atoms with Crippen molar-refractivity contribution in [2.45, 2.75) is 70.6 Å². The monoisotopic (exact) mass is 477 g/mol. The normalized spacial score (nSPS) is 23.3. The highest BCUT2D eigenvalue weighted by molar-refractivity contribution is 5.90. The summed E-state index contributed by atoms with van der Waals surface area (Å²) in [6, 6.07) is 5.84. The minimum absolute atomic E-state index is 0.0302.